The van der Waals surface area contributed by atoms with Crippen LogP contribution in [0.5, 0.6) is 0 Å². The van der Waals surface area contributed by atoms with Gasteiger partial charge in [0.25, 0.3) is 5.91 Å². The van der Waals surface area contributed by atoms with Crippen molar-refractivity contribution < 1.29 is 14.7 Å². The normalized spacial score (nSPS) is 9.62. The van der Waals surface area contributed by atoms with Crippen molar-refractivity contribution in [1.82, 2.24) is 20.3 Å². The molecule has 0 aromatic carbocycles. The lowest BCUT2D eigenvalue weighted by Crippen LogP contribution is -2.29. The van der Waals surface area contributed by atoms with Gasteiger partial charge in [-0.3, -0.25) is 14.3 Å². The van der Waals surface area contributed by atoms with Crippen molar-refractivity contribution in [2.45, 2.75) is 0 Å². The van der Waals surface area contributed by atoms with E-state index in [0.717, 1.165) is 0 Å². The van der Waals surface area contributed by atoms with E-state index in [1.807, 2.05) is 0 Å². The summed E-state index contributed by atoms with van der Waals surface area (Å²) < 4.78 is 1.36. The maximum atomic E-state index is 11.1. The first kappa shape index (κ1) is 9.17. The van der Waals surface area contributed by atoms with Gasteiger partial charge in [0.1, 0.15) is 6.54 Å². The Labute approximate surface area is 73.4 Å². The fourth-order valence-electron chi connectivity index (χ4n) is 0.698. The lowest BCUT2D eigenvalue weighted by molar-refractivity contribution is -0.135. The van der Waals surface area contributed by atoms with Crippen molar-refractivity contribution in [3.05, 3.63) is 11.9 Å². The van der Waals surface area contributed by atoms with E-state index >= 15 is 0 Å². The van der Waals surface area contributed by atoms with Gasteiger partial charge in [0.05, 0.1) is 6.20 Å². The standard InChI is InChI=1S/C6H8N4O3/c1-10-3-4(8-9-10)6(13)7-2-5(11)12/h3H,2H2,1H3,(H,7,13)(H,11,12). The van der Waals surface area contributed by atoms with Crippen LogP contribution in [0.2, 0.25) is 0 Å². The highest BCUT2D eigenvalue weighted by molar-refractivity contribution is 5.93. The third-order valence-corrected chi connectivity index (χ3v) is 1.24. The first-order valence-electron chi connectivity index (χ1n) is 3.46. The Balaban J connectivity index is 2.54. The predicted molar refractivity (Wildman–Crippen MR) is 41.0 cm³/mol. The largest absolute Gasteiger partial charge is 0.480 e. The number of aromatic nitrogens is 3. The van der Waals surface area contributed by atoms with E-state index in [4.69, 9.17) is 5.11 Å². The van der Waals surface area contributed by atoms with Crippen LogP contribution in [0.3, 0.4) is 0 Å². The maximum absolute atomic E-state index is 11.1. The van der Waals surface area contributed by atoms with Crippen molar-refractivity contribution >= 4 is 11.9 Å². The molecular weight excluding hydrogens is 176 g/mol. The Hall–Kier alpha value is -1.92. The van der Waals surface area contributed by atoms with Crippen LogP contribution in [0.15, 0.2) is 6.20 Å². The first-order chi connectivity index (χ1) is 6.09. The number of aryl methyl sites for hydroxylation is 1. The van der Waals surface area contributed by atoms with Crippen LogP contribution in [0, 0.1) is 0 Å². The lowest BCUT2D eigenvalue weighted by Gasteiger charge is -1.96. The van der Waals surface area contributed by atoms with Crippen LogP contribution in [0.25, 0.3) is 0 Å². The maximum Gasteiger partial charge on any atom is 0.322 e. The first-order valence-corrected chi connectivity index (χ1v) is 3.46. The molecule has 13 heavy (non-hydrogen) atoms. The van der Waals surface area contributed by atoms with Crippen LogP contribution in [-0.2, 0) is 11.8 Å². The molecule has 0 aliphatic rings. The van der Waals surface area contributed by atoms with Crippen LogP contribution < -0.4 is 5.32 Å². The van der Waals surface area contributed by atoms with Gasteiger partial charge < -0.3 is 10.4 Å². The zero-order chi connectivity index (χ0) is 9.84. The number of hydrogen-bond acceptors (Lipinski definition) is 4. The quantitative estimate of drug-likeness (QED) is 0.604. The summed E-state index contributed by atoms with van der Waals surface area (Å²) in [5.41, 5.74) is 0.101. The molecule has 7 heteroatoms. The Bertz CT molecular complexity index is 332. The van der Waals surface area contributed by atoms with Crippen molar-refractivity contribution in [2.75, 3.05) is 6.54 Å². The SMILES string of the molecule is Cn1cc(C(=O)NCC(=O)O)nn1. The van der Waals surface area contributed by atoms with Gasteiger partial charge in [-0.2, -0.15) is 0 Å². The summed E-state index contributed by atoms with van der Waals surface area (Å²) >= 11 is 0. The number of carbonyl (C=O) groups is 2. The summed E-state index contributed by atoms with van der Waals surface area (Å²) in [6.45, 7) is -0.421. The summed E-state index contributed by atoms with van der Waals surface area (Å²) in [4.78, 5) is 21.2. The second-order valence-electron chi connectivity index (χ2n) is 2.35. The molecule has 2 N–H and O–H groups in total. The number of hydrogen-bond donors (Lipinski definition) is 2. The Kier molecular flexibility index (Phi) is 2.58. The van der Waals surface area contributed by atoms with E-state index in [-0.39, 0.29) is 5.69 Å². The molecule has 70 valence electrons. The van der Waals surface area contributed by atoms with E-state index in [1.54, 1.807) is 7.05 Å². The highest BCUT2D eigenvalue weighted by Gasteiger charge is 2.09. The van der Waals surface area contributed by atoms with Crippen molar-refractivity contribution in [1.29, 1.82) is 0 Å². The van der Waals surface area contributed by atoms with Gasteiger partial charge >= 0.3 is 5.97 Å². The fraction of sp³-hybridized carbons (Fsp3) is 0.333. The van der Waals surface area contributed by atoms with Gasteiger partial charge in [-0.15, -0.1) is 5.10 Å². The summed E-state index contributed by atoms with van der Waals surface area (Å²) in [6.07, 6.45) is 1.40. The minimum Gasteiger partial charge on any atom is -0.480 e. The average Bonchev–Trinajstić information content (AvgIpc) is 2.47. The van der Waals surface area contributed by atoms with Crippen molar-refractivity contribution in [3.63, 3.8) is 0 Å². The van der Waals surface area contributed by atoms with Crippen LogP contribution in [0.1, 0.15) is 10.5 Å². The van der Waals surface area contributed by atoms with Crippen molar-refractivity contribution in [3.8, 4) is 0 Å². The number of aliphatic carboxylic acids is 1. The average molecular weight is 184 g/mol. The summed E-state index contributed by atoms with van der Waals surface area (Å²) in [7, 11) is 1.61. The molecule has 0 atom stereocenters. The molecule has 0 bridgehead atoms. The summed E-state index contributed by atoms with van der Waals surface area (Å²) in [5.74, 6) is -1.65. The summed E-state index contributed by atoms with van der Waals surface area (Å²) in [6, 6.07) is 0. The number of nitrogens with zero attached hydrogens (tertiary/aromatic N) is 3. The monoisotopic (exact) mass is 184 g/mol. The molecular formula is C6H8N4O3. The topological polar surface area (TPSA) is 97.1 Å². The molecule has 7 nitrogen and oxygen atoms in total. The van der Waals surface area contributed by atoms with E-state index in [2.05, 4.69) is 15.6 Å². The highest BCUT2D eigenvalue weighted by Crippen LogP contribution is 1.89. The molecule has 0 unspecified atom stereocenters. The fourth-order valence-corrected chi connectivity index (χ4v) is 0.698. The van der Waals surface area contributed by atoms with Gasteiger partial charge in [-0.05, 0) is 0 Å². The Morgan fingerprint density at radius 2 is 2.38 bits per heavy atom. The second kappa shape index (κ2) is 3.65. The minimum atomic E-state index is -1.10. The van der Waals surface area contributed by atoms with Gasteiger partial charge in [-0.1, -0.05) is 5.21 Å². The number of rotatable bonds is 3. The van der Waals surface area contributed by atoms with Gasteiger partial charge in [-0.25, -0.2) is 0 Å². The van der Waals surface area contributed by atoms with E-state index in [9.17, 15) is 9.59 Å². The van der Waals surface area contributed by atoms with Gasteiger partial charge in [0, 0.05) is 7.05 Å². The highest BCUT2D eigenvalue weighted by atomic mass is 16.4. The molecule has 0 aliphatic carbocycles. The number of amides is 1. The molecule has 1 amide bonds. The zero-order valence-electron chi connectivity index (χ0n) is 6.89. The van der Waals surface area contributed by atoms with E-state index in [0.29, 0.717) is 0 Å². The van der Waals surface area contributed by atoms with E-state index < -0.39 is 18.4 Å². The molecule has 0 radical (unpaired) electrons. The molecule has 1 aromatic rings. The zero-order valence-corrected chi connectivity index (χ0v) is 6.89. The minimum absolute atomic E-state index is 0.101. The molecule has 0 saturated carbocycles. The van der Waals surface area contributed by atoms with Gasteiger partial charge in [0.2, 0.25) is 0 Å². The predicted octanol–water partition coefficient (Wildman–Crippen LogP) is -1.37. The molecule has 1 aromatic heterocycles. The molecule has 1 rings (SSSR count). The van der Waals surface area contributed by atoms with Crippen molar-refractivity contribution in [2.24, 2.45) is 7.05 Å². The Morgan fingerprint density at radius 1 is 1.69 bits per heavy atom. The Morgan fingerprint density at radius 3 is 2.85 bits per heavy atom. The summed E-state index contributed by atoms with van der Waals surface area (Å²) in [5, 5.41) is 17.4. The second-order valence-corrected chi connectivity index (χ2v) is 2.35. The molecule has 0 spiro atoms. The molecule has 1 heterocycles. The number of nitrogens with one attached hydrogen (secondary N) is 1. The number of carboxylic acids is 1. The smallest absolute Gasteiger partial charge is 0.322 e. The number of carbonyl (C=O) groups excluding carboxylic acids is 1. The lowest BCUT2D eigenvalue weighted by atomic mass is 10.4. The number of carboxylic acid groups (broad SMARTS) is 1. The molecule has 0 aliphatic heterocycles. The molecule has 0 saturated heterocycles. The third kappa shape index (κ3) is 2.55. The van der Waals surface area contributed by atoms with Crippen LogP contribution >= 0.6 is 0 Å². The van der Waals surface area contributed by atoms with Crippen LogP contribution in [-0.4, -0.2) is 38.5 Å². The molecule has 0 fully saturated rings. The van der Waals surface area contributed by atoms with E-state index in [1.165, 1.54) is 10.9 Å². The third-order valence-electron chi connectivity index (χ3n) is 1.24. The van der Waals surface area contributed by atoms with Crippen LogP contribution in [0.4, 0.5) is 0 Å². The van der Waals surface area contributed by atoms with Gasteiger partial charge in [0.15, 0.2) is 5.69 Å².